The number of furan rings is 1. The summed E-state index contributed by atoms with van der Waals surface area (Å²) in [6.07, 6.45) is 4.14. The SMILES string of the molecule is OCC(NCC1CCCO1)c1ccco1. The summed E-state index contributed by atoms with van der Waals surface area (Å²) in [5.41, 5.74) is 0. The molecule has 1 saturated heterocycles. The number of hydrogen-bond acceptors (Lipinski definition) is 4. The standard InChI is InChI=1S/C11H17NO3/c13-8-10(11-4-2-6-15-11)12-7-9-3-1-5-14-9/h2,4,6,9-10,12-13H,1,3,5,7-8H2. The largest absolute Gasteiger partial charge is 0.468 e. The Bertz CT molecular complexity index is 267. The number of rotatable bonds is 5. The van der Waals surface area contributed by atoms with Gasteiger partial charge in [0.25, 0.3) is 0 Å². The van der Waals surface area contributed by atoms with Crippen molar-refractivity contribution >= 4 is 0 Å². The second-order valence-electron chi connectivity index (χ2n) is 3.79. The van der Waals surface area contributed by atoms with Gasteiger partial charge in [0.15, 0.2) is 0 Å². The summed E-state index contributed by atoms with van der Waals surface area (Å²) in [7, 11) is 0. The van der Waals surface area contributed by atoms with Gasteiger partial charge in [-0.15, -0.1) is 0 Å². The lowest BCUT2D eigenvalue weighted by molar-refractivity contribution is 0.102. The fraction of sp³-hybridized carbons (Fsp3) is 0.636. The van der Waals surface area contributed by atoms with Crippen LogP contribution < -0.4 is 5.32 Å². The van der Waals surface area contributed by atoms with E-state index in [9.17, 15) is 5.11 Å². The third-order valence-electron chi connectivity index (χ3n) is 2.69. The first kappa shape index (κ1) is 10.7. The second-order valence-corrected chi connectivity index (χ2v) is 3.79. The highest BCUT2D eigenvalue weighted by atomic mass is 16.5. The first-order valence-corrected chi connectivity index (χ1v) is 5.39. The van der Waals surface area contributed by atoms with Crippen LogP contribution in [0, 0.1) is 0 Å². The lowest BCUT2D eigenvalue weighted by Gasteiger charge is -2.16. The number of aliphatic hydroxyl groups is 1. The minimum atomic E-state index is -0.121. The molecule has 0 amide bonds. The molecule has 1 aromatic heterocycles. The Hall–Kier alpha value is -0.840. The van der Waals surface area contributed by atoms with Gasteiger partial charge < -0.3 is 19.6 Å². The second kappa shape index (κ2) is 5.30. The third-order valence-corrected chi connectivity index (χ3v) is 2.69. The Morgan fingerprint density at radius 3 is 3.13 bits per heavy atom. The monoisotopic (exact) mass is 211 g/mol. The van der Waals surface area contributed by atoms with Gasteiger partial charge in [0, 0.05) is 13.2 Å². The fourth-order valence-corrected chi connectivity index (χ4v) is 1.82. The van der Waals surface area contributed by atoms with Crippen molar-refractivity contribution < 1.29 is 14.3 Å². The maximum Gasteiger partial charge on any atom is 0.123 e. The Morgan fingerprint density at radius 2 is 2.53 bits per heavy atom. The van der Waals surface area contributed by atoms with E-state index in [1.54, 1.807) is 6.26 Å². The summed E-state index contributed by atoms with van der Waals surface area (Å²) in [4.78, 5) is 0. The molecule has 0 aromatic carbocycles. The molecule has 2 rings (SSSR count). The predicted octanol–water partition coefficient (Wildman–Crippen LogP) is 1.08. The molecule has 1 aliphatic heterocycles. The Kier molecular flexibility index (Phi) is 3.77. The van der Waals surface area contributed by atoms with Gasteiger partial charge in [-0.3, -0.25) is 0 Å². The van der Waals surface area contributed by atoms with Crippen molar-refractivity contribution in [2.75, 3.05) is 19.8 Å². The summed E-state index contributed by atoms with van der Waals surface area (Å²) in [5.74, 6) is 0.774. The topological polar surface area (TPSA) is 54.6 Å². The summed E-state index contributed by atoms with van der Waals surface area (Å²) in [6.45, 7) is 1.67. The minimum absolute atomic E-state index is 0.0419. The number of aliphatic hydroxyl groups excluding tert-OH is 1. The van der Waals surface area contributed by atoms with Crippen LogP contribution in [0.3, 0.4) is 0 Å². The molecule has 84 valence electrons. The molecule has 2 atom stereocenters. The van der Waals surface area contributed by atoms with Crippen molar-refractivity contribution in [1.29, 1.82) is 0 Å². The zero-order valence-corrected chi connectivity index (χ0v) is 8.69. The van der Waals surface area contributed by atoms with Crippen LogP contribution in [0.25, 0.3) is 0 Å². The molecule has 0 spiro atoms. The minimum Gasteiger partial charge on any atom is -0.468 e. The van der Waals surface area contributed by atoms with Gasteiger partial charge >= 0.3 is 0 Å². The molecule has 1 aliphatic rings. The van der Waals surface area contributed by atoms with Gasteiger partial charge in [-0.1, -0.05) is 0 Å². The van der Waals surface area contributed by atoms with Gasteiger partial charge in [-0.2, -0.15) is 0 Å². The lowest BCUT2D eigenvalue weighted by Crippen LogP contribution is -2.31. The van der Waals surface area contributed by atoms with Crippen LogP contribution in [0.2, 0.25) is 0 Å². The molecule has 2 N–H and O–H groups in total. The molecule has 2 unspecified atom stereocenters. The summed E-state index contributed by atoms with van der Waals surface area (Å²) in [5, 5.41) is 12.5. The first-order valence-electron chi connectivity index (χ1n) is 5.39. The van der Waals surface area contributed by atoms with Crippen molar-refractivity contribution in [1.82, 2.24) is 5.32 Å². The van der Waals surface area contributed by atoms with Gasteiger partial charge in [0.1, 0.15) is 5.76 Å². The molecule has 1 fully saturated rings. The van der Waals surface area contributed by atoms with E-state index in [1.165, 1.54) is 0 Å². The van der Waals surface area contributed by atoms with Gasteiger partial charge in [-0.25, -0.2) is 0 Å². The quantitative estimate of drug-likeness (QED) is 0.765. The smallest absolute Gasteiger partial charge is 0.123 e. The molecule has 0 bridgehead atoms. The van der Waals surface area contributed by atoms with Crippen LogP contribution in [-0.4, -0.2) is 31.0 Å². The zero-order chi connectivity index (χ0) is 10.5. The van der Waals surface area contributed by atoms with E-state index in [2.05, 4.69) is 5.32 Å². The average Bonchev–Trinajstić information content (AvgIpc) is 2.90. The van der Waals surface area contributed by atoms with Crippen molar-refractivity contribution in [2.45, 2.75) is 25.0 Å². The first-order chi connectivity index (χ1) is 7.40. The van der Waals surface area contributed by atoms with Crippen molar-refractivity contribution in [3.05, 3.63) is 24.2 Å². The maximum absolute atomic E-state index is 9.21. The van der Waals surface area contributed by atoms with Crippen LogP contribution >= 0.6 is 0 Å². The molecular formula is C11H17NO3. The van der Waals surface area contributed by atoms with E-state index in [4.69, 9.17) is 9.15 Å². The van der Waals surface area contributed by atoms with E-state index in [1.807, 2.05) is 12.1 Å². The van der Waals surface area contributed by atoms with Crippen LogP contribution in [0.15, 0.2) is 22.8 Å². The summed E-state index contributed by atoms with van der Waals surface area (Å²) >= 11 is 0. The lowest BCUT2D eigenvalue weighted by atomic mass is 10.2. The van der Waals surface area contributed by atoms with Gasteiger partial charge in [-0.05, 0) is 25.0 Å². The molecule has 0 radical (unpaired) electrons. The van der Waals surface area contributed by atoms with Crippen molar-refractivity contribution in [3.63, 3.8) is 0 Å². The van der Waals surface area contributed by atoms with E-state index < -0.39 is 0 Å². The predicted molar refractivity (Wildman–Crippen MR) is 55.5 cm³/mol. The number of hydrogen-bond donors (Lipinski definition) is 2. The normalized spacial score (nSPS) is 23.1. The van der Waals surface area contributed by atoms with Crippen LogP contribution in [-0.2, 0) is 4.74 Å². The van der Waals surface area contributed by atoms with E-state index >= 15 is 0 Å². The molecule has 2 heterocycles. The highest BCUT2D eigenvalue weighted by molar-refractivity contribution is 5.04. The van der Waals surface area contributed by atoms with E-state index in [-0.39, 0.29) is 18.8 Å². The van der Waals surface area contributed by atoms with E-state index in [0.29, 0.717) is 0 Å². The van der Waals surface area contributed by atoms with Crippen molar-refractivity contribution in [2.24, 2.45) is 0 Å². The van der Waals surface area contributed by atoms with Crippen LogP contribution in [0.5, 0.6) is 0 Å². The molecule has 0 saturated carbocycles. The molecule has 0 aliphatic carbocycles. The zero-order valence-electron chi connectivity index (χ0n) is 8.69. The van der Waals surface area contributed by atoms with Gasteiger partial charge in [0.05, 0.1) is 25.0 Å². The maximum atomic E-state index is 9.21. The van der Waals surface area contributed by atoms with Crippen LogP contribution in [0.4, 0.5) is 0 Å². The Morgan fingerprint density at radius 1 is 1.60 bits per heavy atom. The van der Waals surface area contributed by atoms with Gasteiger partial charge in [0.2, 0.25) is 0 Å². The third kappa shape index (κ3) is 2.81. The Balaban J connectivity index is 1.80. The number of ether oxygens (including phenoxy) is 1. The molecule has 4 nitrogen and oxygen atoms in total. The summed E-state index contributed by atoms with van der Waals surface area (Å²) < 4.78 is 10.7. The fourth-order valence-electron chi connectivity index (χ4n) is 1.82. The highest BCUT2D eigenvalue weighted by Gasteiger charge is 2.18. The summed E-state index contributed by atoms with van der Waals surface area (Å²) in [6, 6.07) is 3.57. The van der Waals surface area contributed by atoms with Crippen LogP contribution in [0.1, 0.15) is 24.6 Å². The molecule has 4 heteroatoms. The van der Waals surface area contributed by atoms with E-state index in [0.717, 1.165) is 31.8 Å². The molecular weight excluding hydrogens is 194 g/mol. The average molecular weight is 211 g/mol. The Labute approximate surface area is 89.2 Å². The highest BCUT2D eigenvalue weighted by Crippen LogP contribution is 2.15. The molecule has 1 aromatic rings. The number of nitrogens with one attached hydrogen (secondary N) is 1. The van der Waals surface area contributed by atoms with Crippen molar-refractivity contribution in [3.8, 4) is 0 Å². The molecule has 15 heavy (non-hydrogen) atoms.